The topological polar surface area (TPSA) is 41.0 Å². The Morgan fingerprint density at radius 1 is 1.00 bits per heavy atom. The van der Waals surface area contributed by atoms with Crippen molar-refractivity contribution < 1.29 is 26.3 Å². The van der Waals surface area contributed by atoms with Crippen LogP contribution < -0.4 is 5.32 Å². The molecule has 148 valence electrons. The number of likely N-dealkylation sites (N-methyl/N-ethyl adjacent to an activating group) is 1. The molecule has 1 aromatic heterocycles. The van der Waals surface area contributed by atoms with Gasteiger partial charge in [0.1, 0.15) is 0 Å². The molecule has 0 spiro atoms. The maximum atomic E-state index is 12.9. The number of rotatable bonds is 7. The minimum atomic E-state index is -4.58. The van der Waals surface area contributed by atoms with Gasteiger partial charge >= 0.3 is 12.4 Å². The van der Waals surface area contributed by atoms with Gasteiger partial charge < -0.3 is 5.32 Å². The zero-order valence-electron chi connectivity index (χ0n) is 14.3. The van der Waals surface area contributed by atoms with E-state index < -0.39 is 30.4 Å². The molecule has 1 unspecified atom stereocenters. The molecule has 0 bridgehead atoms. The summed E-state index contributed by atoms with van der Waals surface area (Å²) in [6, 6.07) is 8.03. The Morgan fingerprint density at radius 3 is 2.11 bits per heavy atom. The Bertz CT molecular complexity index is 700. The molecule has 0 radical (unpaired) electrons. The second-order valence-corrected chi connectivity index (χ2v) is 6.05. The smallest absolute Gasteiger partial charge is 0.353 e. The Kier molecular flexibility index (Phi) is 6.63. The van der Waals surface area contributed by atoms with E-state index in [9.17, 15) is 26.3 Å². The number of hydrogen-bond donors (Lipinski definition) is 1. The Labute approximate surface area is 152 Å². The Hall–Kier alpha value is -2.36. The lowest BCUT2D eigenvalue weighted by Gasteiger charge is -2.29. The van der Waals surface area contributed by atoms with E-state index >= 15 is 0 Å². The standard InChI is InChI=1S/C17H18F6N4/c1-27(11-12-5-3-2-4-6-12)14(7-16(18,19)20)10-26-15-24-8-13(9-25-15)17(21,22)23/h2-6,8-9,14H,7,10-11H2,1H3,(H,24,25,26). The summed E-state index contributed by atoms with van der Waals surface area (Å²) in [4.78, 5) is 8.56. The van der Waals surface area contributed by atoms with E-state index in [4.69, 9.17) is 0 Å². The summed E-state index contributed by atoms with van der Waals surface area (Å²) in [5, 5.41) is 2.58. The molecule has 0 saturated heterocycles. The Balaban J connectivity index is 2.03. The summed E-state index contributed by atoms with van der Waals surface area (Å²) in [5.41, 5.74) is -0.181. The highest BCUT2D eigenvalue weighted by Crippen LogP contribution is 2.28. The molecule has 4 nitrogen and oxygen atoms in total. The second kappa shape index (κ2) is 8.55. The lowest BCUT2D eigenvalue weighted by molar-refractivity contribution is -0.146. The van der Waals surface area contributed by atoms with Gasteiger partial charge in [0, 0.05) is 31.5 Å². The SMILES string of the molecule is CN(Cc1ccccc1)C(CNc1ncc(C(F)(F)F)cn1)CC(F)(F)F. The molecular weight excluding hydrogens is 374 g/mol. The van der Waals surface area contributed by atoms with E-state index in [-0.39, 0.29) is 19.0 Å². The number of hydrogen-bond acceptors (Lipinski definition) is 4. The predicted molar refractivity (Wildman–Crippen MR) is 87.9 cm³/mol. The molecule has 10 heteroatoms. The summed E-state index contributed by atoms with van der Waals surface area (Å²) >= 11 is 0. The van der Waals surface area contributed by atoms with Crippen molar-refractivity contribution >= 4 is 5.95 Å². The minimum Gasteiger partial charge on any atom is -0.353 e. The number of alkyl halides is 6. The average molecular weight is 392 g/mol. The van der Waals surface area contributed by atoms with Crippen LogP contribution in [-0.4, -0.2) is 40.7 Å². The molecular formula is C17H18F6N4. The lowest BCUT2D eigenvalue weighted by Crippen LogP contribution is -2.40. The van der Waals surface area contributed by atoms with Crippen LogP contribution in [0.4, 0.5) is 32.3 Å². The van der Waals surface area contributed by atoms with E-state index in [1.165, 1.54) is 4.90 Å². The fourth-order valence-electron chi connectivity index (χ4n) is 2.43. The van der Waals surface area contributed by atoms with Crippen LogP contribution in [0, 0.1) is 0 Å². The maximum absolute atomic E-state index is 12.9. The van der Waals surface area contributed by atoms with Gasteiger partial charge in [0.05, 0.1) is 12.0 Å². The first-order chi connectivity index (χ1) is 12.5. The van der Waals surface area contributed by atoms with Gasteiger partial charge in [0.25, 0.3) is 0 Å². The van der Waals surface area contributed by atoms with E-state index in [0.717, 1.165) is 5.56 Å². The van der Waals surface area contributed by atoms with Crippen molar-refractivity contribution in [2.45, 2.75) is 31.4 Å². The molecule has 1 heterocycles. The molecule has 27 heavy (non-hydrogen) atoms. The third-order valence-electron chi connectivity index (χ3n) is 3.84. The maximum Gasteiger partial charge on any atom is 0.419 e. The number of halogens is 6. The third kappa shape index (κ3) is 7.05. The Morgan fingerprint density at radius 2 is 1.59 bits per heavy atom. The van der Waals surface area contributed by atoms with E-state index in [0.29, 0.717) is 12.4 Å². The van der Waals surface area contributed by atoms with E-state index in [1.807, 2.05) is 0 Å². The largest absolute Gasteiger partial charge is 0.419 e. The highest BCUT2D eigenvalue weighted by molar-refractivity contribution is 5.26. The molecule has 0 aliphatic rings. The van der Waals surface area contributed by atoms with Crippen LogP contribution in [0.25, 0.3) is 0 Å². The summed E-state index contributed by atoms with van der Waals surface area (Å²) in [5.74, 6) is -0.164. The van der Waals surface area contributed by atoms with Gasteiger partial charge in [-0.15, -0.1) is 0 Å². The van der Waals surface area contributed by atoms with E-state index in [1.54, 1.807) is 37.4 Å². The van der Waals surface area contributed by atoms with Crippen molar-refractivity contribution in [2.75, 3.05) is 18.9 Å². The van der Waals surface area contributed by atoms with Crippen LogP contribution in [-0.2, 0) is 12.7 Å². The summed E-state index contributed by atoms with van der Waals surface area (Å²) < 4.78 is 76.2. The lowest BCUT2D eigenvalue weighted by atomic mass is 10.1. The van der Waals surface area contributed by atoms with Crippen molar-refractivity contribution in [3.05, 3.63) is 53.9 Å². The number of nitrogens with zero attached hydrogens (tertiary/aromatic N) is 3. The minimum absolute atomic E-state index is 0.164. The number of anilines is 1. The van der Waals surface area contributed by atoms with Gasteiger partial charge in [-0.05, 0) is 12.6 Å². The van der Waals surface area contributed by atoms with E-state index in [2.05, 4.69) is 15.3 Å². The molecule has 1 N–H and O–H groups in total. The monoisotopic (exact) mass is 392 g/mol. The molecule has 0 amide bonds. The van der Waals surface area contributed by atoms with Crippen molar-refractivity contribution in [2.24, 2.45) is 0 Å². The first-order valence-corrected chi connectivity index (χ1v) is 7.98. The van der Waals surface area contributed by atoms with Gasteiger partial charge in [-0.25, -0.2) is 9.97 Å². The van der Waals surface area contributed by atoms with Gasteiger partial charge in [0.15, 0.2) is 0 Å². The third-order valence-corrected chi connectivity index (χ3v) is 3.84. The number of nitrogens with one attached hydrogen (secondary N) is 1. The fourth-order valence-corrected chi connectivity index (χ4v) is 2.43. The van der Waals surface area contributed by atoms with Crippen molar-refractivity contribution in [1.29, 1.82) is 0 Å². The first kappa shape index (κ1) is 20.9. The van der Waals surface area contributed by atoms with Crippen LogP contribution in [0.2, 0.25) is 0 Å². The van der Waals surface area contributed by atoms with Crippen LogP contribution in [0.5, 0.6) is 0 Å². The zero-order valence-corrected chi connectivity index (χ0v) is 14.3. The molecule has 2 aromatic rings. The highest BCUT2D eigenvalue weighted by atomic mass is 19.4. The fraction of sp³-hybridized carbons (Fsp3) is 0.412. The average Bonchev–Trinajstić information content (AvgIpc) is 2.58. The van der Waals surface area contributed by atoms with Crippen LogP contribution >= 0.6 is 0 Å². The molecule has 0 aliphatic carbocycles. The molecule has 2 rings (SSSR count). The molecule has 0 fully saturated rings. The predicted octanol–water partition coefficient (Wildman–Crippen LogP) is 4.36. The number of aromatic nitrogens is 2. The van der Waals surface area contributed by atoms with Crippen molar-refractivity contribution in [3.63, 3.8) is 0 Å². The summed E-state index contributed by atoms with van der Waals surface area (Å²) in [7, 11) is 1.55. The highest BCUT2D eigenvalue weighted by Gasteiger charge is 2.34. The molecule has 1 aromatic carbocycles. The zero-order chi connectivity index (χ0) is 20.1. The van der Waals surface area contributed by atoms with Crippen LogP contribution in [0.3, 0.4) is 0 Å². The van der Waals surface area contributed by atoms with Gasteiger partial charge in [-0.2, -0.15) is 26.3 Å². The van der Waals surface area contributed by atoms with Gasteiger partial charge in [-0.3, -0.25) is 4.90 Å². The normalized spacial score (nSPS) is 13.6. The second-order valence-electron chi connectivity index (χ2n) is 6.05. The molecule has 0 aliphatic heterocycles. The quantitative estimate of drug-likeness (QED) is 0.711. The van der Waals surface area contributed by atoms with Crippen LogP contribution in [0.15, 0.2) is 42.7 Å². The van der Waals surface area contributed by atoms with Crippen molar-refractivity contribution in [3.8, 4) is 0 Å². The van der Waals surface area contributed by atoms with Crippen LogP contribution in [0.1, 0.15) is 17.5 Å². The first-order valence-electron chi connectivity index (χ1n) is 7.98. The van der Waals surface area contributed by atoms with Gasteiger partial charge in [-0.1, -0.05) is 30.3 Å². The number of benzene rings is 1. The molecule has 0 saturated carbocycles. The summed E-state index contributed by atoms with van der Waals surface area (Å²) in [6.07, 6.45) is -8.88. The van der Waals surface area contributed by atoms with Gasteiger partial charge in [0.2, 0.25) is 5.95 Å². The van der Waals surface area contributed by atoms with Crippen molar-refractivity contribution in [1.82, 2.24) is 14.9 Å². The summed E-state index contributed by atoms with van der Waals surface area (Å²) in [6.45, 7) is 0.116. The molecule has 1 atom stereocenters.